The molecule has 1 saturated heterocycles. The topological polar surface area (TPSA) is 70.2 Å². The van der Waals surface area contributed by atoms with Crippen molar-refractivity contribution in [2.75, 3.05) is 32.8 Å². The summed E-state index contributed by atoms with van der Waals surface area (Å²) in [4.78, 5) is 6.84. The SMILES string of the molecule is CCNC(=NCC(O)c1ccco1)N1CCC(COCc2ccccc2)C1. The fraction of sp³-hybridized carbons (Fsp3) is 0.476. The molecular formula is C21H29N3O3. The van der Waals surface area contributed by atoms with E-state index in [2.05, 4.69) is 34.3 Å². The van der Waals surface area contributed by atoms with E-state index in [1.54, 1.807) is 18.4 Å². The number of nitrogens with one attached hydrogen (secondary N) is 1. The molecule has 2 unspecified atom stereocenters. The van der Waals surface area contributed by atoms with Crippen LogP contribution in [0, 0.1) is 5.92 Å². The molecule has 1 aromatic carbocycles. The smallest absolute Gasteiger partial charge is 0.194 e. The van der Waals surface area contributed by atoms with Gasteiger partial charge in [0.2, 0.25) is 0 Å². The summed E-state index contributed by atoms with van der Waals surface area (Å²) < 4.78 is 11.1. The van der Waals surface area contributed by atoms with E-state index in [0.29, 0.717) is 18.3 Å². The van der Waals surface area contributed by atoms with Gasteiger partial charge in [-0.05, 0) is 31.0 Å². The number of hydrogen-bond donors (Lipinski definition) is 2. The summed E-state index contributed by atoms with van der Waals surface area (Å²) in [5.41, 5.74) is 1.20. The molecule has 2 aromatic rings. The molecule has 1 aliphatic rings. The maximum Gasteiger partial charge on any atom is 0.194 e. The van der Waals surface area contributed by atoms with Gasteiger partial charge >= 0.3 is 0 Å². The van der Waals surface area contributed by atoms with Crippen molar-refractivity contribution < 1.29 is 14.3 Å². The van der Waals surface area contributed by atoms with Crippen LogP contribution < -0.4 is 5.32 Å². The number of nitrogens with zero attached hydrogens (tertiary/aromatic N) is 2. The summed E-state index contributed by atoms with van der Waals surface area (Å²) in [7, 11) is 0. The molecular weight excluding hydrogens is 342 g/mol. The molecule has 2 atom stereocenters. The summed E-state index contributed by atoms with van der Waals surface area (Å²) >= 11 is 0. The molecule has 6 nitrogen and oxygen atoms in total. The molecule has 0 bridgehead atoms. The maximum atomic E-state index is 10.2. The number of rotatable bonds is 8. The second-order valence-electron chi connectivity index (χ2n) is 6.83. The van der Waals surface area contributed by atoms with Gasteiger partial charge in [-0.3, -0.25) is 0 Å². The second kappa shape index (κ2) is 10.1. The molecule has 0 spiro atoms. The van der Waals surface area contributed by atoms with Gasteiger partial charge in [-0.1, -0.05) is 30.3 Å². The van der Waals surface area contributed by atoms with Crippen LogP contribution in [0.4, 0.5) is 0 Å². The van der Waals surface area contributed by atoms with Crippen molar-refractivity contribution >= 4 is 5.96 Å². The maximum absolute atomic E-state index is 10.2. The lowest BCUT2D eigenvalue weighted by molar-refractivity contribution is 0.0906. The number of benzene rings is 1. The normalized spacial score (nSPS) is 18.7. The van der Waals surface area contributed by atoms with E-state index >= 15 is 0 Å². The second-order valence-corrected chi connectivity index (χ2v) is 6.83. The molecule has 146 valence electrons. The van der Waals surface area contributed by atoms with Crippen LogP contribution in [0.1, 0.15) is 30.8 Å². The Kier molecular flexibility index (Phi) is 7.30. The third kappa shape index (κ3) is 5.84. The Bertz CT molecular complexity index is 688. The number of ether oxygens (including phenoxy) is 1. The summed E-state index contributed by atoms with van der Waals surface area (Å²) in [5.74, 6) is 1.88. The van der Waals surface area contributed by atoms with E-state index in [4.69, 9.17) is 9.15 Å². The number of guanidine groups is 1. The van der Waals surface area contributed by atoms with E-state index < -0.39 is 6.10 Å². The number of hydrogen-bond acceptors (Lipinski definition) is 4. The highest BCUT2D eigenvalue weighted by Crippen LogP contribution is 2.18. The fourth-order valence-electron chi connectivity index (χ4n) is 3.25. The van der Waals surface area contributed by atoms with Crippen LogP contribution in [-0.4, -0.2) is 48.8 Å². The monoisotopic (exact) mass is 371 g/mol. The molecule has 6 heteroatoms. The number of aliphatic hydroxyl groups excluding tert-OH is 1. The first-order chi connectivity index (χ1) is 13.3. The molecule has 0 aliphatic carbocycles. The lowest BCUT2D eigenvalue weighted by Crippen LogP contribution is -2.40. The van der Waals surface area contributed by atoms with Gasteiger partial charge in [0, 0.05) is 25.6 Å². The minimum Gasteiger partial charge on any atom is -0.467 e. The first kappa shape index (κ1) is 19.5. The van der Waals surface area contributed by atoms with Gasteiger partial charge in [0.25, 0.3) is 0 Å². The van der Waals surface area contributed by atoms with Crippen molar-refractivity contribution in [1.82, 2.24) is 10.2 Å². The minimum absolute atomic E-state index is 0.279. The van der Waals surface area contributed by atoms with Crippen molar-refractivity contribution in [1.29, 1.82) is 0 Å². The Labute approximate surface area is 160 Å². The van der Waals surface area contributed by atoms with Gasteiger partial charge < -0.3 is 24.5 Å². The average Bonchev–Trinajstić information content (AvgIpc) is 3.38. The van der Waals surface area contributed by atoms with Crippen LogP contribution in [-0.2, 0) is 11.3 Å². The molecule has 0 saturated carbocycles. The molecule has 1 aliphatic heterocycles. The van der Waals surface area contributed by atoms with Crippen LogP contribution in [0.3, 0.4) is 0 Å². The summed E-state index contributed by atoms with van der Waals surface area (Å²) in [6.45, 7) is 6.39. The Morgan fingerprint density at radius 1 is 1.33 bits per heavy atom. The van der Waals surface area contributed by atoms with Gasteiger partial charge in [0.1, 0.15) is 11.9 Å². The van der Waals surface area contributed by atoms with Crippen LogP contribution in [0.2, 0.25) is 0 Å². The van der Waals surface area contributed by atoms with Crippen molar-refractivity contribution in [3.8, 4) is 0 Å². The van der Waals surface area contributed by atoms with Gasteiger partial charge in [0.15, 0.2) is 5.96 Å². The van der Waals surface area contributed by atoms with Crippen molar-refractivity contribution in [3.05, 3.63) is 60.1 Å². The highest BCUT2D eigenvalue weighted by Gasteiger charge is 2.25. The quantitative estimate of drug-likeness (QED) is 0.552. The van der Waals surface area contributed by atoms with Crippen molar-refractivity contribution in [3.63, 3.8) is 0 Å². The van der Waals surface area contributed by atoms with Gasteiger partial charge in [0.05, 0.1) is 26.0 Å². The zero-order valence-electron chi connectivity index (χ0n) is 15.9. The Balaban J connectivity index is 1.47. The highest BCUT2D eigenvalue weighted by molar-refractivity contribution is 5.80. The molecule has 0 radical (unpaired) electrons. The predicted octanol–water partition coefficient (Wildman–Crippen LogP) is 2.82. The Hall–Kier alpha value is -2.31. The highest BCUT2D eigenvalue weighted by atomic mass is 16.5. The van der Waals surface area contributed by atoms with Crippen molar-refractivity contribution in [2.24, 2.45) is 10.9 Å². The lowest BCUT2D eigenvalue weighted by atomic mass is 10.1. The molecule has 0 amide bonds. The minimum atomic E-state index is -0.721. The standard InChI is InChI=1S/C21H29N3O3/c1-2-22-21(23-13-19(25)20-9-6-12-27-20)24-11-10-18(14-24)16-26-15-17-7-4-3-5-8-17/h3-9,12,18-19,25H,2,10-11,13-16H2,1H3,(H,22,23). The molecule has 3 rings (SSSR count). The third-order valence-electron chi connectivity index (χ3n) is 4.67. The van der Waals surface area contributed by atoms with Gasteiger partial charge in [-0.25, -0.2) is 4.99 Å². The molecule has 2 N–H and O–H groups in total. The van der Waals surface area contributed by atoms with Crippen LogP contribution in [0.5, 0.6) is 0 Å². The van der Waals surface area contributed by atoms with Crippen LogP contribution in [0.15, 0.2) is 58.1 Å². The van der Waals surface area contributed by atoms with E-state index in [-0.39, 0.29) is 6.54 Å². The molecule has 2 heterocycles. The zero-order valence-corrected chi connectivity index (χ0v) is 15.9. The number of likely N-dealkylation sites (tertiary alicyclic amines) is 1. The van der Waals surface area contributed by atoms with E-state index in [9.17, 15) is 5.11 Å². The average molecular weight is 371 g/mol. The largest absolute Gasteiger partial charge is 0.467 e. The van der Waals surface area contributed by atoms with Gasteiger partial charge in [-0.15, -0.1) is 0 Å². The summed E-state index contributed by atoms with van der Waals surface area (Å²) in [5, 5.41) is 13.5. The Morgan fingerprint density at radius 3 is 2.93 bits per heavy atom. The number of furan rings is 1. The first-order valence-electron chi connectivity index (χ1n) is 9.62. The summed E-state index contributed by atoms with van der Waals surface area (Å²) in [6, 6.07) is 13.8. The zero-order chi connectivity index (χ0) is 18.9. The molecule has 1 fully saturated rings. The molecule has 27 heavy (non-hydrogen) atoms. The van der Waals surface area contributed by atoms with Crippen LogP contribution in [0.25, 0.3) is 0 Å². The van der Waals surface area contributed by atoms with E-state index in [0.717, 1.165) is 38.6 Å². The number of aliphatic imine (C=N–C) groups is 1. The van der Waals surface area contributed by atoms with Crippen LogP contribution >= 0.6 is 0 Å². The van der Waals surface area contributed by atoms with E-state index in [1.165, 1.54) is 5.56 Å². The number of aliphatic hydroxyl groups is 1. The van der Waals surface area contributed by atoms with Crippen molar-refractivity contribution in [2.45, 2.75) is 26.1 Å². The first-order valence-corrected chi connectivity index (χ1v) is 9.62. The fourth-order valence-corrected chi connectivity index (χ4v) is 3.25. The van der Waals surface area contributed by atoms with E-state index in [1.807, 2.05) is 18.2 Å². The molecule has 1 aromatic heterocycles. The lowest BCUT2D eigenvalue weighted by Gasteiger charge is -2.22. The summed E-state index contributed by atoms with van der Waals surface area (Å²) in [6.07, 6.45) is 1.93. The third-order valence-corrected chi connectivity index (χ3v) is 4.67. The van der Waals surface area contributed by atoms with Gasteiger partial charge in [-0.2, -0.15) is 0 Å². The Morgan fingerprint density at radius 2 is 2.19 bits per heavy atom. The predicted molar refractivity (Wildman–Crippen MR) is 105 cm³/mol.